The van der Waals surface area contributed by atoms with Gasteiger partial charge in [-0.3, -0.25) is 0 Å². The first kappa shape index (κ1) is 14.5. The van der Waals surface area contributed by atoms with Crippen LogP contribution in [0, 0.1) is 0 Å². The second-order valence-electron chi connectivity index (χ2n) is 3.78. The molecule has 0 saturated carbocycles. The molecule has 0 aromatic heterocycles. The Hall–Kier alpha value is -0.870. The Labute approximate surface area is 116 Å². The highest BCUT2D eigenvalue weighted by atomic mass is 35.5. The van der Waals surface area contributed by atoms with Crippen LogP contribution < -0.4 is 14.8 Å². The van der Waals surface area contributed by atoms with Gasteiger partial charge in [-0.25, -0.2) is 21.6 Å². The smallest absolute Gasteiger partial charge is 0.244 e. The van der Waals surface area contributed by atoms with E-state index in [1.807, 2.05) is 0 Å². The van der Waals surface area contributed by atoms with Gasteiger partial charge in [0.05, 0.1) is 17.4 Å². The summed E-state index contributed by atoms with van der Waals surface area (Å²) in [6, 6.07) is 2.34. The molecule has 19 heavy (non-hydrogen) atoms. The molecule has 3 N–H and O–H groups in total. The summed E-state index contributed by atoms with van der Waals surface area (Å²) in [4.78, 5) is -0.400. The van der Waals surface area contributed by atoms with Crippen molar-refractivity contribution >= 4 is 37.3 Å². The molecule has 0 amide bonds. The topological polar surface area (TPSA) is 104 Å². The minimum absolute atomic E-state index is 0.0327. The average Bonchev–Trinajstić information content (AvgIpc) is 2.27. The molecule has 1 aliphatic heterocycles. The maximum Gasteiger partial charge on any atom is 0.244 e. The van der Waals surface area contributed by atoms with Crippen molar-refractivity contribution in [2.45, 2.75) is 16.7 Å². The van der Waals surface area contributed by atoms with Gasteiger partial charge < -0.3 is 5.32 Å². The molecule has 0 fully saturated rings. The zero-order chi connectivity index (χ0) is 14.3. The lowest BCUT2D eigenvalue weighted by atomic mass is 10.3. The zero-order valence-corrected chi connectivity index (χ0v) is 12.3. The third-order valence-corrected chi connectivity index (χ3v) is 5.94. The number of benzene rings is 1. The maximum atomic E-state index is 11.9. The van der Waals surface area contributed by atoms with Crippen LogP contribution in [0.2, 0.25) is 5.02 Å². The SMILES string of the molecule is CCNS(=O)(=O)c1cc2c(cc1Cl)NCNS2(=O)=O. The molecule has 0 aliphatic carbocycles. The minimum atomic E-state index is -3.83. The van der Waals surface area contributed by atoms with Crippen LogP contribution in [0.5, 0.6) is 0 Å². The summed E-state index contributed by atoms with van der Waals surface area (Å²) in [5, 5.41) is 2.74. The first-order valence-corrected chi connectivity index (χ1v) is 8.69. The van der Waals surface area contributed by atoms with Crippen LogP contribution in [0.3, 0.4) is 0 Å². The van der Waals surface area contributed by atoms with Crippen LogP contribution in [0.15, 0.2) is 21.9 Å². The Morgan fingerprint density at radius 1 is 1.42 bits per heavy atom. The Kier molecular flexibility index (Phi) is 3.76. The molecule has 0 atom stereocenters. The number of anilines is 1. The number of rotatable bonds is 3. The van der Waals surface area contributed by atoms with Gasteiger partial charge in [0.15, 0.2) is 0 Å². The van der Waals surface area contributed by atoms with Crippen molar-refractivity contribution in [1.82, 2.24) is 9.44 Å². The molecule has 1 aromatic carbocycles. The molecule has 2 rings (SSSR count). The molecule has 0 bridgehead atoms. The zero-order valence-electron chi connectivity index (χ0n) is 9.90. The van der Waals surface area contributed by atoms with E-state index < -0.39 is 20.0 Å². The number of hydrogen-bond acceptors (Lipinski definition) is 5. The Morgan fingerprint density at radius 2 is 2.11 bits per heavy atom. The Balaban J connectivity index is 2.67. The number of hydrogen-bond donors (Lipinski definition) is 3. The fraction of sp³-hybridized carbons (Fsp3) is 0.333. The molecule has 7 nitrogen and oxygen atoms in total. The molecular formula is C9H12ClN3O4S2. The van der Waals surface area contributed by atoms with Crippen molar-refractivity contribution in [3.8, 4) is 0 Å². The molecule has 0 saturated heterocycles. The highest BCUT2D eigenvalue weighted by Gasteiger charge is 2.27. The number of fused-ring (bicyclic) bond motifs is 1. The van der Waals surface area contributed by atoms with Crippen molar-refractivity contribution < 1.29 is 16.8 Å². The van der Waals surface area contributed by atoms with Gasteiger partial charge in [0, 0.05) is 6.54 Å². The van der Waals surface area contributed by atoms with Crippen LogP contribution in [-0.2, 0) is 20.0 Å². The summed E-state index contributed by atoms with van der Waals surface area (Å²) in [6.07, 6.45) is 0. The van der Waals surface area contributed by atoms with Crippen molar-refractivity contribution in [3.05, 3.63) is 17.2 Å². The molecule has 106 valence electrons. The van der Waals surface area contributed by atoms with E-state index >= 15 is 0 Å². The minimum Gasteiger partial charge on any atom is -0.370 e. The van der Waals surface area contributed by atoms with Gasteiger partial charge in [-0.1, -0.05) is 18.5 Å². The molecule has 1 aromatic rings. The second-order valence-corrected chi connectivity index (χ2v) is 7.66. The summed E-state index contributed by atoms with van der Waals surface area (Å²) in [5.74, 6) is 0. The number of halogens is 1. The third kappa shape index (κ3) is 2.70. The summed E-state index contributed by atoms with van der Waals surface area (Å²) >= 11 is 5.90. The van der Waals surface area contributed by atoms with E-state index in [0.29, 0.717) is 0 Å². The molecule has 0 unspecified atom stereocenters. The fourth-order valence-electron chi connectivity index (χ4n) is 1.67. The lowest BCUT2D eigenvalue weighted by Crippen LogP contribution is -2.35. The Morgan fingerprint density at radius 3 is 2.74 bits per heavy atom. The normalized spacial score (nSPS) is 17.6. The van der Waals surface area contributed by atoms with Crippen LogP contribution in [0.1, 0.15) is 6.92 Å². The van der Waals surface area contributed by atoms with E-state index in [0.717, 1.165) is 6.07 Å². The van der Waals surface area contributed by atoms with E-state index in [4.69, 9.17) is 11.6 Å². The van der Waals surface area contributed by atoms with Crippen LogP contribution in [0.4, 0.5) is 5.69 Å². The maximum absolute atomic E-state index is 11.9. The molecule has 10 heteroatoms. The predicted molar refractivity (Wildman–Crippen MR) is 71.1 cm³/mol. The largest absolute Gasteiger partial charge is 0.370 e. The molecule has 1 aliphatic rings. The van der Waals surface area contributed by atoms with Crippen LogP contribution in [-0.4, -0.2) is 30.0 Å². The Bertz CT molecular complexity index is 715. The van der Waals surface area contributed by atoms with Gasteiger partial charge in [0.1, 0.15) is 9.79 Å². The first-order chi connectivity index (χ1) is 8.78. The average molecular weight is 326 g/mol. The van der Waals surface area contributed by atoms with Crippen LogP contribution in [0.25, 0.3) is 0 Å². The molecule has 0 radical (unpaired) electrons. The lowest BCUT2D eigenvalue weighted by Gasteiger charge is -2.20. The standard InChI is InChI=1S/C9H12ClN3O4S2/c1-2-12-18(14,15)8-4-9-7(3-6(8)10)11-5-13-19(9,16)17/h3-4,11-13H,2,5H2,1H3. The van der Waals surface area contributed by atoms with Gasteiger partial charge in [-0.15, -0.1) is 0 Å². The quantitative estimate of drug-likeness (QED) is 0.741. The molecule has 0 spiro atoms. The van der Waals surface area contributed by atoms with E-state index in [9.17, 15) is 16.8 Å². The predicted octanol–water partition coefficient (Wildman–Crippen LogP) is 0.299. The summed E-state index contributed by atoms with van der Waals surface area (Å²) in [6.45, 7) is 1.83. The summed E-state index contributed by atoms with van der Waals surface area (Å²) in [5.41, 5.74) is 0.277. The number of sulfonamides is 2. The van der Waals surface area contributed by atoms with E-state index in [1.165, 1.54) is 6.07 Å². The third-order valence-electron chi connectivity index (χ3n) is 2.49. The van der Waals surface area contributed by atoms with Crippen molar-refractivity contribution in [2.75, 3.05) is 18.5 Å². The van der Waals surface area contributed by atoms with Gasteiger partial charge >= 0.3 is 0 Å². The summed E-state index contributed by atoms with van der Waals surface area (Å²) < 4.78 is 52.0. The second kappa shape index (κ2) is 4.91. The fourth-order valence-corrected chi connectivity index (χ4v) is 4.45. The highest BCUT2D eigenvalue weighted by Crippen LogP contribution is 2.32. The van der Waals surface area contributed by atoms with Crippen molar-refractivity contribution in [3.63, 3.8) is 0 Å². The van der Waals surface area contributed by atoms with Gasteiger partial charge in [0.25, 0.3) is 0 Å². The lowest BCUT2D eigenvalue weighted by molar-refractivity contribution is 0.580. The monoisotopic (exact) mass is 325 g/mol. The molecule has 1 heterocycles. The van der Waals surface area contributed by atoms with Crippen molar-refractivity contribution in [2.24, 2.45) is 0 Å². The van der Waals surface area contributed by atoms with E-state index in [2.05, 4.69) is 14.8 Å². The number of nitrogens with one attached hydrogen (secondary N) is 3. The van der Waals surface area contributed by atoms with Gasteiger partial charge in [-0.05, 0) is 12.1 Å². The van der Waals surface area contributed by atoms with Gasteiger partial charge in [-0.2, -0.15) is 4.72 Å². The first-order valence-electron chi connectivity index (χ1n) is 5.34. The molecular weight excluding hydrogens is 314 g/mol. The van der Waals surface area contributed by atoms with Crippen LogP contribution >= 0.6 is 11.6 Å². The van der Waals surface area contributed by atoms with Gasteiger partial charge in [0.2, 0.25) is 20.0 Å². The highest BCUT2D eigenvalue weighted by molar-refractivity contribution is 7.90. The summed E-state index contributed by atoms with van der Waals surface area (Å²) in [7, 11) is -7.55. The van der Waals surface area contributed by atoms with Crippen molar-refractivity contribution in [1.29, 1.82) is 0 Å². The van der Waals surface area contributed by atoms with E-state index in [1.54, 1.807) is 6.92 Å². The van der Waals surface area contributed by atoms with E-state index in [-0.39, 0.29) is 33.7 Å².